The summed E-state index contributed by atoms with van der Waals surface area (Å²) in [5.41, 5.74) is 6.89. The zero-order chi connectivity index (χ0) is 14.3. The molecule has 19 heavy (non-hydrogen) atoms. The van der Waals surface area contributed by atoms with Crippen molar-refractivity contribution in [2.24, 2.45) is 16.6 Å². The molecule has 1 rings (SSSR count). The summed E-state index contributed by atoms with van der Waals surface area (Å²) < 4.78 is 6.11. The van der Waals surface area contributed by atoms with E-state index in [-0.39, 0.29) is 0 Å². The Morgan fingerprint density at radius 3 is 2.79 bits per heavy atom. The lowest BCUT2D eigenvalue weighted by molar-refractivity contribution is 0.412. The molecule has 0 aliphatic carbocycles. The molecule has 4 nitrogen and oxygen atoms in total. The predicted molar refractivity (Wildman–Crippen MR) is 83.5 cm³/mol. The van der Waals surface area contributed by atoms with E-state index in [9.17, 15) is 0 Å². The lowest BCUT2D eigenvalue weighted by Gasteiger charge is -2.08. The molecule has 5 heteroatoms. The summed E-state index contributed by atoms with van der Waals surface area (Å²) in [6.45, 7) is 5.79. The van der Waals surface area contributed by atoms with Gasteiger partial charge in [0.15, 0.2) is 5.96 Å². The Labute approximate surface area is 123 Å². The van der Waals surface area contributed by atoms with Crippen molar-refractivity contribution in [3.8, 4) is 5.75 Å². The average Bonchev–Trinajstić information content (AvgIpc) is 2.36. The van der Waals surface area contributed by atoms with Gasteiger partial charge in [-0.1, -0.05) is 19.9 Å². The number of guanidine groups is 1. The van der Waals surface area contributed by atoms with Gasteiger partial charge in [0.2, 0.25) is 0 Å². The first-order valence-electron chi connectivity index (χ1n) is 6.39. The molecule has 0 bridgehead atoms. The highest BCUT2D eigenvalue weighted by Crippen LogP contribution is 2.25. The first-order chi connectivity index (χ1) is 9.02. The fourth-order valence-electron chi connectivity index (χ4n) is 1.53. The van der Waals surface area contributed by atoms with Gasteiger partial charge < -0.3 is 15.8 Å². The van der Waals surface area contributed by atoms with Crippen LogP contribution in [0.15, 0.2) is 27.7 Å². The molecule has 0 aromatic heterocycles. The topological polar surface area (TPSA) is 59.6 Å². The van der Waals surface area contributed by atoms with E-state index in [4.69, 9.17) is 10.5 Å². The van der Waals surface area contributed by atoms with E-state index in [2.05, 4.69) is 40.1 Å². The molecular formula is C14H22BrN3O. The molecule has 0 saturated carbocycles. The van der Waals surface area contributed by atoms with Crippen molar-refractivity contribution in [2.45, 2.75) is 26.8 Å². The van der Waals surface area contributed by atoms with E-state index in [1.165, 1.54) is 0 Å². The summed E-state index contributed by atoms with van der Waals surface area (Å²) in [4.78, 5) is 4.31. The molecule has 0 amide bonds. The van der Waals surface area contributed by atoms with Crippen LogP contribution >= 0.6 is 15.9 Å². The minimum atomic E-state index is 0.493. The van der Waals surface area contributed by atoms with Crippen molar-refractivity contribution >= 4 is 21.9 Å². The van der Waals surface area contributed by atoms with Crippen molar-refractivity contribution < 1.29 is 4.74 Å². The number of rotatable bonds is 6. The van der Waals surface area contributed by atoms with Gasteiger partial charge in [0, 0.05) is 6.54 Å². The fourth-order valence-corrected chi connectivity index (χ4v) is 2.12. The molecule has 0 aliphatic heterocycles. The molecule has 1 aromatic rings. The number of ether oxygens (including phenoxy) is 1. The maximum absolute atomic E-state index is 5.80. The van der Waals surface area contributed by atoms with Gasteiger partial charge in [-0.3, -0.25) is 0 Å². The smallest absolute Gasteiger partial charge is 0.188 e. The number of methoxy groups -OCH3 is 1. The second-order valence-corrected chi connectivity index (χ2v) is 5.63. The normalized spacial score (nSPS) is 11.7. The fraction of sp³-hybridized carbons (Fsp3) is 0.500. The number of benzene rings is 1. The Hall–Kier alpha value is -1.23. The van der Waals surface area contributed by atoms with Crippen LogP contribution in [0.3, 0.4) is 0 Å². The predicted octanol–water partition coefficient (Wildman–Crippen LogP) is 2.91. The van der Waals surface area contributed by atoms with Crippen molar-refractivity contribution in [1.29, 1.82) is 0 Å². The lowest BCUT2D eigenvalue weighted by Crippen LogP contribution is -2.32. The third-order valence-corrected chi connectivity index (χ3v) is 3.30. The van der Waals surface area contributed by atoms with Crippen LogP contribution in [0, 0.1) is 5.92 Å². The molecule has 0 radical (unpaired) electrons. The van der Waals surface area contributed by atoms with Crippen molar-refractivity contribution in [3.63, 3.8) is 0 Å². The average molecular weight is 328 g/mol. The van der Waals surface area contributed by atoms with Crippen LogP contribution in [0.25, 0.3) is 0 Å². The van der Waals surface area contributed by atoms with Crippen LogP contribution in [-0.4, -0.2) is 19.6 Å². The Morgan fingerprint density at radius 1 is 1.47 bits per heavy atom. The Morgan fingerprint density at radius 2 is 2.21 bits per heavy atom. The van der Waals surface area contributed by atoms with Crippen LogP contribution < -0.4 is 15.8 Å². The lowest BCUT2D eigenvalue weighted by atomic mass is 10.1. The number of halogens is 1. The van der Waals surface area contributed by atoms with Gasteiger partial charge >= 0.3 is 0 Å². The van der Waals surface area contributed by atoms with Gasteiger partial charge in [0.25, 0.3) is 0 Å². The molecule has 3 N–H and O–H groups in total. The van der Waals surface area contributed by atoms with E-state index in [0.29, 0.717) is 18.4 Å². The van der Waals surface area contributed by atoms with Gasteiger partial charge in [0.1, 0.15) is 5.75 Å². The van der Waals surface area contributed by atoms with Gasteiger partial charge in [-0.2, -0.15) is 0 Å². The molecule has 0 heterocycles. The summed E-state index contributed by atoms with van der Waals surface area (Å²) >= 11 is 3.45. The third-order valence-electron chi connectivity index (χ3n) is 2.68. The highest BCUT2D eigenvalue weighted by Gasteiger charge is 2.01. The molecule has 1 aromatic carbocycles. The Kier molecular flexibility index (Phi) is 6.70. The number of aliphatic imine (C=N–C) groups is 1. The summed E-state index contributed by atoms with van der Waals surface area (Å²) in [6, 6.07) is 5.88. The number of nitrogens with two attached hydrogens (primary N) is 1. The quantitative estimate of drug-likeness (QED) is 0.623. The van der Waals surface area contributed by atoms with E-state index < -0.39 is 0 Å². The van der Waals surface area contributed by atoms with Crippen molar-refractivity contribution in [3.05, 3.63) is 28.2 Å². The molecule has 0 spiro atoms. The van der Waals surface area contributed by atoms with E-state index >= 15 is 0 Å². The second kappa shape index (κ2) is 8.04. The van der Waals surface area contributed by atoms with Crippen LogP contribution in [0.4, 0.5) is 0 Å². The zero-order valence-electron chi connectivity index (χ0n) is 11.7. The molecule has 0 saturated heterocycles. The molecule has 0 atom stereocenters. The summed E-state index contributed by atoms with van der Waals surface area (Å²) in [5.74, 6) is 1.97. The molecule has 0 aliphatic rings. The van der Waals surface area contributed by atoms with Crippen LogP contribution in [0.5, 0.6) is 5.75 Å². The van der Waals surface area contributed by atoms with E-state index in [1.54, 1.807) is 7.11 Å². The number of nitrogens with one attached hydrogen (secondary N) is 1. The number of nitrogens with zero attached hydrogens (tertiary/aromatic N) is 1. The monoisotopic (exact) mass is 327 g/mol. The van der Waals surface area contributed by atoms with Gasteiger partial charge in [-0.15, -0.1) is 0 Å². The second-order valence-electron chi connectivity index (χ2n) is 4.78. The summed E-state index contributed by atoms with van der Waals surface area (Å²) in [5, 5.41) is 3.11. The van der Waals surface area contributed by atoms with Crippen molar-refractivity contribution in [1.82, 2.24) is 5.32 Å². The van der Waals surface area contributed by atoms with Gasteiger partial charge in [-0.25, -0.2) is 4.99 Å². The summed E-state index contributed by atoms with van der Waals surface area (Å²) in [7, 11) is 1.65. The molecule has 0 fully saturated rings. The van der Waals surface area contributed by atoms with Crippen LogP contribution in [0.1, 0.15) is 25.8 Å². The van der Waals surface area contributed by atoms with E-state index in [0.717, 1.165) is 28.8 Å². The highest BCUT2D eigenvalue weighted by molar-refractivity contribution is 9.10. The van der Waals surface area contributed by atoms with Crippen LogP contribution in [0.2, 0.25) is 0 Å². The van der Waals surface area contributed by atoms with Gasteiger partial charge in [-0.05, 0) is 46.0 Å². The highest BCUT2D eigenvalue weighted by atomic mass is 79.9. The maximum atomic E-state index is 5.80. The van der Waals surface area contributed by atoms with Crippen LogP contribution in [-0.2, 0) is 6.54 Å². The molecule has 106 valence electrons. The largest absolute Gasteiger partial charge is 0.496 e. The zero-order valence-corrected chi connectivity index (χ0v) is 13.3. The minimum Gasteiger partial charge on any atom is -0.496 e. The summed E-state index contributed by atoms with van der Waals surface area (Å²) in [6.07, 6.45) is 1.09. The van der Waals surface area contributed by atoms with Gasteiger partial charge in [0.05, 0.1) is 18.1 Å². The SMILES string of the molecule is COc1ccc(CN=C(N)NCCC(C)C)cc1Br. The van der Waals surface area contributed by atoms with Crippen molar-refractivity contribution in [2.75, 3.05) is 13.7 Å². The maximum Gasteiger partial charge on any atom is 0.188 e. The first kappa shape index (κ1) is 15.8. The first-order valence-corrected chi connectivity index (χ1v) is 7.18. The third kappa shape index (κ3) is 5.96. The number of hydrogen-bond acceptors (Lipinski definition) is 2. The van der Waals surface area contributed by atoms with E-state index in [1.807, 2.05) is 18.2 Å². The molecule has 0 unspecified atom stereocenters. The standard InChI is InChI=1S/C14H22BrN3O/c1-10(2)6-7-17-14(16)18-9-11-4-5-13(19-3)12(15)8-11/h4-5,8,10H,6-7,9H2,1-3H3,(H3,16,17,18). The minimum absolute atomic E-state index is 0.493. The molecular weight excluding hydrogens is 306 g/mol. The Bertz CT molecular complexity index is 433. The number of hydrogen-bond donors (Lipinski definition) is 2. The Balaban J connectivity index is 2.48.